The number of nitrogens with zero attached hydrogens (tertiary/aromatic N) is 1. The van der Waals surface area contributed by atoms with Crippen LogP contribution in [0.5, 0.6) is 11.5 Å². The van der Waals surface area contributed by atoms with E-state index in [-0.39, 0.29) is 27.1 Å². The Bertz CT molecular complexity index is 1330. The van der Waals surface area contributed by atoms with Crippen LogP contribution in [0.15, 0.2) is 60.2 Å². The molecular weight excluding hydrogens is 477 g/mol. The fourth-order valence-electron chi connectivity index (χ4n) is 4.16. The Morgan fingerprint density at radius 1 is 0.941 bits per heavy atom. The number of phenols is 1. The minimum Gasteiger partial charge on any atom is -0.508 e. The zero-order valence-corrected chi connectivity index (χ0v) is 20.1. The van der Waals surface area contributed by atoms with Crippen LogP contribution in [-0.2, 0) is 9.59 Å². The second-order valence-corrected chi connectivity index (χ2v) is 8.90. The van der Waals surface area contributed by atoms with Gasteiger partial charge in [-0.1, -0.05) is 35.3 Å². The normalized spacial score (nSPS) is 17.3. The van der Waals surface area contributed by atoms with Gasteiger partial charge in [0.1, 0.15) is 17.3 Å². The summed E-state index contributed by atoms with van der Waals surface area (Å²) in [4.78, 5) is 27.8. The van der Waals surface area contributed by atoms with Crippen LogP contribution >= 0.6 is 23.2 Å². The second kappa shape index (κ2) is 9.05. The maximum atomic E-state index is 13.3. The first-order valence-corrected chi connectivity index (χ1v) is 11.1. The molecule has 174 valence electrons. The van der Waals surface area contributed by atoms with Gasteiger partial charge in [0.15, 0.2) is 0 Å². The van der Waals surface area contributed by atoms with Gasteiger partial charge in [-0.05, 0) is 73.0 Å². The lowest BCUT2D eigenvalue weighted by molar-refractivity contribution is -0.132. The number of aromatic hydroxyl groups is 1. The number of carbonyl (C=O) groups is 2. The van der Waals surface area contributed by atoms with Crippen LogP contribution in [0.2, 0.25) is 10.0 Å². The zero-order chi connectivity index (χ0) is 24.7. The van der Waals surface area contributed by atoms with E-state index in [0.717, 1.165) is 5.56 Å². The van der Waals surface area contributed by atoms with E-state index in [4.69, 9.17) is 27.9 Å². The highest BCUT2D eigenvalue weighted by Gasteiger charge is 2.47. The summed E-state index contributed by atoms with van der Waals surface area (Å²) in [6.45, 7) is 3.60. The Labute approximate surface area is 206 Å². The van der Waals surface area contributed by atoms with Gasteiger partial charge in [0, 0.05) is 21.3 Å². The molecule has 1 aliphatic heterocycles. The lowest BCUT2D eigenvalue weighted by Gasteiger charge is -2.26. The molecule has 0 bridgehead atoms. The minimum absolute atomic E-state index is 0.0214. The van der Waals surface area contributed by atoms with Crippen molar-refractivity contribution in [3.8, 4) is 11.5 Å². The summed E-state index contributed by atoms with van der Waals surface area (Å²) >= 11 is 12.4. The molecule has 0 aromatic heterocycles. The number of aryl methyl sites for hydroxylation is 2. The standard InChI is InChI=1S/C26H21Cl2NO5/c1-13-9-21(34-3)14(2)8-20(13)24(31)22-23(15-4-6-19(30)7-5-15)29(26(33)25(22)32)18-11-16(27)10-17(28)12-18/h4-12,23,30-31H,1-3H3/b24-22+. The summed E-state index contributed by atoms with van der Waals surface area (Å²) in [6, 6.07) is 13.1. The van der Waals surface area contributed by atoms with Crippen LogP contribution in [-0.4, -0.2) is 29.0 Å². The van der Waals surface area contributed by atoms with Crippen LogP contribution < -0.4 is 9.64 Å². The van der Waals surface area contributed by atoms with Crippen molar-refractivity contribution < 1.29 is 24.5 Å². The van der Waals surface area contributed by atoms with Crippen LogP contribution in [0.3, 0.4) is 0 Å². The lowest BCUT2D eigenvalue weighted by atomic mass is 9.93. The van der Waals surface area contributed by atoms with Crippen molar-refractivity contribution in [2.75, 3.05) is 12.0 Å². The maximum absolute atomic E-state index is 13.3. The SMILES string of the molecule is COc1cc(C)c(/C(O)=C2\C(=O)C(=O)N(c3cc(Cl)cc(Cl)c3)C2c2ccc(O)cc2)cc1C. The van der Waals surface area contributed by atoms with Gasteiger partial charge in [-0.25, -0.2) is 0 Å². The van der Waals surface area contributed by atoms with E-state index in [1.807, 2.05) is 6.92 Å². The number of carbonyl (C=O) groups excluding carboxylic acids is 2. The number of amides is 1. The number of halogens is 2. The molecule has 1 saturated heterocycles. The Kier molecular flexibility index (Phi) is 6.30. The van der Waals surface area contributed by atoms with Gasteiger partial charge in [-0.15, -0.1) is 0 Å². The summed E-state index contributed by atoms with van der Waals surface area (Å²) in [6.07, 6.45) is 0. The molecule has 1 amide bonds. The van der Waals surface area contributed by atoms with E-state index in [9.17, 15) is 19.8 Å². The van der Waals surface area contributed by atoms with Crippen LogP contribution in [0.25, 0.3) is 5.76 Å². The largest absolute Gasteiger partial charge is 0.508 e. The molecule has 2 N–H and O–H groups in total. The van der Waals surface area contributed by atoms with Crippen molar-refractivity contribution in [2.24, 2.45) is 0 Å². The van der Waals surface area contributed by atoms with Gasteiger partial charge < -0.3 is 14.9 Å². The van der Waals surface area contributed by atoms with Crippen LogP contribution in [0.4, 0.5) is 5.69 Å². The number of hydrogen-bond donors (Lipinski definition) is 2. The van der Waals surface area contributed by atoms with Gasteiger partial charge in [0.05, 0.1) is 18.7 Å². The Hall–Kier alpha value is -3.48. The van der Waals surface area contributed by atoms with E-state index in [0.29, 0.717) is 28.1 Å². The van der Waals surface area contributed by atoms with Gasteiger partial charge in [0.25, 0.3) is 11.7 Å². The van der Waals surface area contributed by atoms with Crippen molar-refractivity contribution in [1.82, 2.24) is 0 Å². The van der Waals surface area contributed by atoms with Crippen LogP contribution in [0.1, 0.15) is 28.3 Å². The number of hydrogen-bond acceptors (Lipinski definition) is 5. The smallest absolute Gasteiger partial charge is 0.300 e. The average Bonchev–Trinajstić information content (AvgIpc) is 3.05. The first kappa shape index (κ1) is 23.7. The third-order valence-corrected chi connectivity index (χ3v) is 6.21. The Balaban J connectivity index is 1.99. The number of ether oxygens (including phenoxy) is 1. The topological polar surface area (TPSA) is 87.1 Å². The monoisotopic (exact) mass is 497 g/mol. The molecule has 1 atom stereocenters. The third kappa shape index (κ3) is 4.11. The lowest BCUT2D eigenvalue weighted by Crippen LogP contribution is -2.29. The summed E-state index contributed by atoms with van der Waals surface area (Å²) < 4.78 is 5.35. The average molecular weight is 498 g/mol. The number of Topliss-reactive ketones (excluding diaryl/α,β-unsaturated/α-hetero) is 1. The van der Waals surface area contributed by atoms with Crippen molar-refractivity contribution >= 4 is 46.3 Å². The molecule has 3 aromatic rings. The molecule has 0 saturated carbocycles. The van der Waals surface area contributed by atoms with E-state index in [2.05, 4.69) is 0 Å². The number of aliphatic hydroxyl groups is 1. The number of rotatable bonds is 4. The van der Waals surface area contributed by atoms with Crippen molar-refractivity contribution in [3.05, 3.63) is 92.5 Å². The number of aliphatic hydroxyl groups excluding tert-OH is 1. The number of anilines is 1. The predicted octanol–water partition coefficient (Wildman–Crippen LogP) is 5.95. The highest BCUT2D eigenvalue weighted by molar-refractivity contribution is 6.52. The molecule has 34 heavy (non-hydrogen) atoms. The summed E-state index contributed by atoms with van der Waals surface area (Å²) in [7, 11) is 1.55. The molecule has 6 nitrogen and oxygen atoms in total. The number of ketones is 1. The molecule has 8 heteroatoms. The van der Waals surface area contributed by atoms with Gasteiger partial charge in [0.2, 0.25) is 0 Å². The fraction of sp³-hybridized carbons (Fsp3) is 0.154. The fourth-order valence-corrected chi connectivity index (χ4v) is 4.67. The molecule has 3 aromatic carbocycles. The summed E-state index contributed by atoms with van der Waals surface area (Å²) in [5.74, 6) is -1.33. The van der Waals surface area contributed by atoms with E-state index < -0.39 is 17.7 Å². The molecule has 1 unspecified atom stereocenters. The van der Waals surface area contributed by atoms with E-state index >= 15 is 0 Å². The van der Waals surface area contributed by atoms with Crippen molar-refractivity contribution in [2.45, 2.75) is 19.9 Å². The predicted molar refractivity (Wildman–Crippen MR) is 132 cm³/mol. The first-order valence-electron chi connectivity index (χ1n) is 10.3. The zero-order valence-electron chi connectivity index (χ0n) is 18.6. The highest BCUT2D eigenvalue weighted by atomic mass is 35.5. The van der Waals surface area contributed by atoms with E-state index in [1.54, 1.807) is 38.3 Å². The maximum Gasteiger partial charge on any atom is 0.300 e. The minimum atomic E-state index is -0.975. The number of phenolic OH excluding ortho intramolecular Hbond substituents is 1. The van der Waals surface area contributed by atoms with Crippen molar-refractivity contribution in [1.29, 1.82) is 0 Å². The molecule has 1 heterocycles. The molecule has 0 spiro atoms. The van der Waals surface area contributed by atoms with Crippen molar-refractivity contribution in [3.63, 3.8) is 0 Å². The Morgan fingerprint density at radius 3 is 2.15 bits per heavy atom. The third-order valence-electron chi connectivity index (χ3n) is 5.78. The van der Waals surface area contributed by atoms with Gasteiger partial charge >= 0.3 is 0 Å². The number of methoxy groups -OCH3 is 1. The molecule has 1 aliphatic rings. The molecule has 0 aliphatic carbocycles. The van der Waals surface area contributed by atoms with E-state index in [1.165, 1.54) is 35.2 Å². The summed E-state index contributed by atoms with van der Waals surface area (Å²) in [5.41, 5.74) is 2.56. The first-order chi connectivity index (χ1) is 16.1. The van der Waals surface area contributed by atoms with Crippen LogP contribution in [0, 0.1) is 13.8 Å². The number of benzene rings is 3. The molecule has 0 radical (unpaired) electrons. The molecule has 4 rings (SSSR count). The molecular formula is C26H21Cl2NO5. The summed E-state index contributed by atoms with van der Waals surface area (Å²) in [5, 5.41) is 21.7. The quantitative estimate of drug-likeness (QED) is 0.264. The highest BCUT2D eigenvalue weighted by Crippen LogP contribution is 2.44. The Morgan fingerprint density at radius 2 is 1.56 bits per heavy atom. The van der Waals surface area contributed by atoms with Gasteiger partial charge in [-0.3, -0.25) is 14.5 Å². The van der Waals surface area contributed by atoms with Gasteiger partial charge in [-0.2, -0.15) is 0 Å². The molecule has 1 fully saturated rings. The second-order valence-electron chi connectivity index (χ2n) is 8.03.